The van der Waals surface area contributed by atoms with Crippen LogP contribution in [0.15, 0.2) is 18.3 Å². The van der Waals surface area contributed by atoms with E-state index >= 15 is 0 Å². The highest BCUT2D eigenvalue weighted by atomic mass is 14.9. The fourth-order valence-electron chi connectivity index (χ4n) is 1.22. The average molecular weight is 188 g/mol. The SMILES string of the molecule is C#CCC(C)NCc1ncccc1C. The molecule has 1 atom stereocenters. The van der Waals surface area contributed by atoms with E-state index in [-0.39, 0.29) is 0 Å². The third-order valence-electron chi connectivity index (χ3n) is 2.16. The van der Waals surface area contributed by atoms with Crippen LogP contribution in [0.1, 0.15) is 24.6 Å². The first kappa shape index (κ1) is 10.7. The van der Waals surface area contributed by atoms with Crippen LogP contribution >= 0.6 is 0 Å². The molecule has 14 heavy (non-hydrogen) atoms. The smallest absolute Gasteiger partial charge is 0.0570 e. The van der Waals surface area contributed by atoms with Gasteiger partial charge in [0.1, 0.15) is 0 Å². The lowest BCUT2D eigenvalue weighted by Crippen LogP contribution is -2.25. The minimum Gasteiger partial charge on any atom is -0.308 e. The molecule has 1 aromatic rings. The molecule has 1 aromatic heterocycles. The summed E-state index contributed by atoms with van der Waals surface area (Å²) in [7, 11) is 0. The van der Waals surface area contributed by atoms with Crippen molar-refractivity contribution in [1.82, 2.24) is 10.3 Å². The van der Waals surface area contributed by atoms with Gasteiger partial charge in [0, 0.05) is 25.2 Å². The molecule has 0 saturated heterocycles. The molecule has 0 aromatic carbocycles. The average Bonchev–Trinajstić information content (AvgIpc) is 2.17. The molecule has 74 valence electrons. The van der Waals surface area contributed by atoms with Crippen LogP contribution in [-0.2, 0) is 6.54 Å². The number of aryl methyl sites for hydroxylation is 1. The Morgan fingerprint density at radius 1 is 1.64 bits per heavy atom. The summed E-state index contributed by atoms with van der Waals surface area (Å²) >= 11 is 0. The van der Waals surface area contributed by atoms with Crippen LogP contribution in [0.3, 0.4) is 0 Å². The van der Waals surface area contributed by atoms with Gasteiger partial charge in [0.2, 0.25) is 0 Å². The molecule has 0 aliphatic rings. The van der Waals surface area contributed by atoms with Crippen LogP contribution in [0.5, 0.6) is 0 Å². The van der Waals surface area contributed by atoms with Crippen molar-refractivity contribution in [2.45, 2.75) is 32.9 Å². The molecular formula is C12H16N2. The summed E-state index contributed by atoms with van der Waals surface area (Å²) in [5, 5.41) is 3.34. The van der Waals surface area contributed by atoms with Crippen LogP contribution in [0.25, 0.3) is 0 Å². The zero-order valence-corrected chi connectivity index (χ0v) is 8.75. The maximum absolute atomic E-state index is 5.22. The van der Waals surface area contributed by atoms with Crippen LogP contribution in [0.2, 0.25) is 0 Å². The van der Waals surface area contributed by atoms with Crippen molar-refractivity contribution in [2.75, 3.05) is 0 Å². The van der Waals surface area contributed by atoms with Gasteiger partial charge in [0.05, 0.1) is 5.69 Å². The Balaban J connectivity index is 2.46. The first-order valence-electron chi connectivity index (χ1n) is 4.81. The summed E-state index contributed by atoms with van der Waals surface area (Å²) in [6, 6.07) is 4.36. The third kappa shape index (κ3) is 3.20. The first-order chi connectivity index (χ1) is 6.74. The predicted molar refractivity (Wildman–Crippen MR) is 58.7 cm³/mol. The largest absolute Gasteiger partial charge is 0.308 e. The van der Waals surface area contributed by atoms with Crippen molar-refractivity contribution in [1.29, 1.82) is 0 Å². The molecule has 1 heterocycles. The van der Waals surface area contributed by atoms with Gasteiger partial charge in [-0.2, -0.15) is 0 Å². The molecule has 0 amide bonds. The van der Waals surface area contributed by atoms with Crippen molar-refractivity contribution in [3.05, 3.63) is 29.6 Å². The summed E-state index contributed by atoms with van der Waals surface area (Å²) < 4.78 is 0. The number of nitrogens with zero attached hydrogens (tertiary/aromatic N) is 1. The molecule has 0 fully saturated rings. The lowest BCUT2D eigenvalue weighted by atomic mass is 10.2. The second-order valence-electron chi connectivity index (χ2n) is 3.46. The fraction of sp³-hybridized carbons (Fsp3) is 0.417. The zero-order valence-electron chi connectivity index (χ0n) is 8.75. The van der Waals surface area contributed by atoms with E-state index in [1.165, 1.54) is 5.56 Å². The normalized spacial score (nSPS) is 12.1. The maximum Gasteiger partial charge on any atom is 0.0570 e. The Labute approximate surface area is 85.8 Å². The van der Waals surface area contributed by atoms with E-state index in [0.717, 1.165) is 18.7 Å². The summed E-state index contributed by atoms with van der Waals surface area (Å²) in [4.78, 5) is 4.30. The molecule has 0 saturated carbocycles. The van der Waals surface area contributed by atoms with Crippen LogP contribution < -0.4 is 5.32 Å². The van der Waals surface area contributed by atoms with Crippen LogP contribution in [-0.4, -0.2) is 11.0 Å². The van der Waals surface area contributed by atoms with Crippen molar-refractivity contribution in [2.24, 2.45) is 0 Å². The number of terminal acetylenes is 1. The summed E-state index contributed by atoms with van der Waals surface area (Å²) in [5.41, 5.74) is 2.31. The monoisotopic (exact) mass is 188 g/mol. The van der Waals surface area contributed by atoms with Crippen LogP contribution in [0.4, 0.5) is 0 Å². The first-order valence-corrected chi connectivity index (χ1v) is 4.81. The molecule has 0 spiro atoms. The molecule has 0 bridgehead atoms. The molecule has 0 aliphatic carbocycles. The number of nitrogens with one attached hydrogen (secondary N) is 1. The highest BCUT2D eigenvalue weighted by Crippen LogP contribution is 2.03. The van der Waals surface area contributed by atoms with E-state index in [2.05, 4.69) is 36.1 Å². The lowest BCUT2D eigenvalue weighted by molar-refractivity contribution is 0.552. The van der Waals surface area contributed by atoms with Gasteiger partial charge in [-0.05, 0) is 25.5 Å². The molecule has 0 aliphatic heterocycles. The number of aromatic nitrogens is 1. The van der Waals surface area contributed by atoms with E-state index in [0.29, 0.717) is 6.04 Å². The minimum atomic E-state index is 0.349. The van der Waals surface area contributed by atoms with E-state index in [1.807, 2.05) is 12.3 Å². The van der Waals surface area contributed by atoms with E-state index in [9.17, 15) is 0 Å². The maximum atomic E-state index is 5.22. The highest BCUT2D eigenvalue weighted by molar-refractivity contribution is 5.17. The molecule has 0 radical (unpaired) electrons. The summed E-state index contributed by atoms with van der Waals surface area (Å²) in [6.45, 7) is 4.93. The van der Waals surface area contributed by atoms with E-state index < -0.39 is 0 Å². The number of hydrogen-bond acceptors (Lipinski definition) is 2. The summed E-state index contributed by atoms with van der Waals surface area (Å²) in [5.74, 6) is 2.64. The van der Waals surface area contributed by atoms with Crippen molar-refractivity contribution < 1.29 is 0 Å². The van der Waals surface area contributed by atoms with Gasteiger partial charge in [-0.3, -0.25) is 4.98 Å². The van der Waals surface area contributed by atoms with E-state index in [4.69, 9.17) is 6.42 Å². The Morgan fingerprint density at radius 3 is 3.07 bits per heavy atom. The van der Waals surface area contributed by atoms with Gasteiger partial charge >= 0.3 is 0 Å². The van der Waals surface area contributed by atoms with Gasteiger partial charge in [0.15, 0.2) is 0 Å². The van der Waals surface area contributed by atoms with Gasteiger partial charge in [-0.1, -0.05) is 6.07 Å². The fourth-order valence-corrected chi connectivity index (χ4v) is 1.22. The predicted octanol–water partition coefficient (Wildman–Crippen LogP) is 1.89. The van der Waals surface area contributed by atoms with Gasteiger partial charge in [-0.15, -0.1) is 12.3 Å². The molecular weight excluding hydrogens is 172 g/mol. The van der Waals surface area contributed by atoms with Crippen LogP contribution in [0, 0.1) is 19.3 Å². The van der Waals surface area contributed by atoms with Crippen molar-refractivity contribution in [3.63, 3.8) is 0 Å². The second-order valence-corrected chi connectivity index (χ2v) is 3.46. The lowest BCUT2D eigenvalue weighted by Gasteiger charge is -2.11. The Morgan fingerprint density at radius 2 is 2.43 bits per heavy atom. The zero-order chi connectivity index (χ0) is 10.4. The summed E-state index contributed by atoms with van der Waals surface area (Å²) in [6.07, 6.45) is 7.79. The van der Waals surface area contributed by atoms with Gasteiger partial charge < -0.3 is 5.32 Å². The topological polar surface area (TPSA) is 24.9 Å². The van der Waals surface area contributed by atoms with Gasteiger partial charge in [-0.25, -0.2) is 0 Å². The second kappa shape index (κ2) is 5.41. The Kier molecular flexibility index (Phi) is 4.15. The Hall–Kier alpha value is -1.33. The quantitative estimate of drug-likeness (QED) is 0.730. The number of pyridine rings is 1. The van der Waals surface area contributed by atoms with Crippen molar-refractivity contribution >= 4 is 0 Å². The molecule has 1 N–H and O–H groups in total. The number of hydrogen-bond donors (Lipinski definition) is 1. The third-order valence-corrected chi connectivity index (χ3v) is 2.16. The molecule has 2 nitrogen and oxygen atoms in total. The standard InChI is InChI=1S/C12H16N2/c1-4-6-11(3)14-9-12-10(2)7-5-8-13-12/h1,5,7-8,11,14H,6,9H2,2-3H3. The molecule has 1 unspecified atom stereocenters. The highest BCUT2D eigenvalue weighted by Gasteiger charge is 2.01. The minimum absolute atomic E-state index is 0.349. The Bertz CT molecular complexity index is 325. The molecule has 1 rings (SSSR count). The number of rotatable bonds is 4. The van der Waals surface area contributed by atoms with Crippen molar-refractivity contribution in [3.8, 4) is 12.3 Å². The molecule has 2 heteroatoms. The van der Waals surface area contributed by atoms with E-state index in [1.54, 1.807) is 0 Å². The van der Waals surface area contributed by atoms with Gasteiger partial charge in [0.25, 0.3) is 0 Å².